The molecule has 1 aromatic rings. The molecule has 1 saturated carbocycles. The van der Waals surface area contributed by atoms with Gasteiger partial charge in [-0.05, 0) is 36.8 Å². The summed E-state index contributed by atoms with van der Waals surface area (Å²) < 4.78 is 0. The highest BCUT2D eigenvalue weighted by Gasteiger charge is 2.19. The zero-order chi connectivity index (χ0) is 14.0. The normalized spacial score (nSPS) is 18.6. The van der Waals surface area contributed by atoms with E-state index in [1.165, 1.54) is 56.9 Å². The van der Waals surface area contributed by atoms with Crippen molar-refractivity contribution >= 4 is 0 Å². The first-order valence-electron chi connectivity index (χ1n) is 8.65. The highest BCUT2D eigenvalue weighted by atomic mass is 14.8. The molecule has 0 radical (unpaired) electrons. The van der Waals surface area contributed by atoms with E-state index in [9.17, 15) is 0 Å². The zero-order valence-corrected chi connectivity index (χ0v) is 13.1. The monoisotopic (exact) mass is 273 g/mol. The molecule has 0 bridgehead atoms. The summed E-state index contributed by atoms with van der Waals surface area (Å²) >= 11 is 0. The van der Waals surface area contributed by atoms with E-state index in [-0.39, 0.29) is 0 Å². The molecule has 20 heavy (non-hydrogen) atoms. The van der Waals surface area contributed by atoms with Gasteiger partial charge in [0.1, 0.15) is 0 Å². The van der Waals surface area contributed by atoms with Crippen LogP contribution in [-0.4, -0.2) is 13.1 Å². The van der Waals surface area contributed by atoms with Gasteiger partial charge in [-0.2, -0.15) is 0 Å². The summed E-state index contributed by atoms with van der Waals surface area (Å²) in [6.07, 6.45) is 11.3. The van der Waals surface area contributed by atoms with Crippen LogP contribution in [0, 0.1) is 5.92 Å². The molecule has 1 N–H and O–H groups in total. The van der Waals surface area contributed by atoms with E-state index in [0.717, 1.165) is 19.0 Å². The van der Waals surface area contributed by atoms with Crippen molar-refractivity contribution in [2.24, 2.45) is 5.92 Å². The van der Waals surface area contributed by atoms with Gasteiger partial charge in [0.15, 0.2) is 0 Å². The molecule has 1 aliphatic rings. The zero-order valence-electron chi connectivity index (χ0n) is 13.1. The van der Waals surface area contributed by atoms with Gasteiger partial charge >= 0.3 is 0 Å². The lowest BCUT2D eigenvalue weighted by atomic mass is 9.85. The lowest BCUT2D eigenvalue weighted by molar-refractivity contribution is 0.380. The summed E-state index contributed by atoms with van der Waals surface area (Å²) in [5.74, 6) is 1.65. The van der Waals surface area contributed by atoms with Crippen LogP contribution in [0.15, 0.2) is 30.3 Å². The first-order valence-corrected chi connectivity index (χ1v) is 8.65. The Bertz CT molecular complexity index is 338. The molecule has 0 spiro atoms. The number of hydrogen-bond acceptors (Lipinski definition) is 1. The second kappa shape index (κ2) is 9.18. The van der Waals surface area contributed by atoms with E-state index in [1.807, 2.05) is 0 Å². The minimum atomic E-state index is 0.700. The molecule has 1 fully saturated rings. The summed E-state index contributed by atoms with van der Waals surface area (Å²) in [5, 5.41) is 3.64. The Morgan fingerprint density at radius 3 is 2.40 bits per heavy atom. The Labute approximate surface area is 125 Å². The van der Waals surface area contributed by atoms with E-state index in [2.05, 4.69) is 42.6 Å². The van der Waals surface area contributed by atoms with Crippen molar-refractivity contribution < 1.29 is 0 Å². The molecule has 0 amide bonds. The van der Waals surface area contributed by atoms with Crippen molar-refractivity contribution in [3.63, 3.8) is 0 Å². The van der Waals surface area contributed by atoms with E-state index in [0.29, 0.717) is 5.92 Å². The van der Waals surface area contributed by atoms with Gasteiger partial charge in [-0.15, -0.1) is 0 Å². The van der Waals surface area contributed by atoms with Gasteiger partial charge in [0.2, 0.25) is 0 Å². The van der Waals surface area contributed by atoms with Crippen LogP contribution in [0.25, 0.3) is 0 Å². The van der Waals surface area contributed by atoms with E-state index < -0.39 is 0 Å². The molecule has 0 aromatic heterocycles. The van der Waals surface area contributed by atoms with Crippen molar-refractivity contribution in [1.29, 1.82) is 0 Å². The van der Waals surface area contributed by atoms with Crippen LogP contribution < -0.4 is 5.32 Å². The average Bonchev–Trinajstić information content (AvgIpc) is 2.76. The molecular formula is C19H31N. The van der Waals surface area contributed by atoms with Crippen LogP contribution in [0.1, 0.15) is 69.8 Å². The second-order valence-corrected chi connectivity index (χ2v) is 6.41. The molecule has 2 rings (SSSR count). The minimum absolute atomic E-state index is 0.700. The van der Waals surface area contributed by atoms with Crippen molar-refractivity contribution in [2.75, 3.05) is 13.1 Å². The fraction of sp³-hybridized carbons (Fsp3) is 0.684. The maximum Gasteiger partial charge on any atom is 0.00202 e. The number of rotatable bonds is 7. The lowest BCUT2D eigenvalue weighted by Gasteiger charge is -2.23. The second-order valence-electron chi connectivity index (χ2n) is 6.41. The van der Waals surface area contributed by atoms with Gasteiger partial charge in [-0.25, -0.2) is 0 Å². The van der Waals surface area contributed by atoms with Gasteiger partial charge < -0.3 is 5.32 Å². The van der Waals surface area contributed by atoms with Crippen molar-refractivity contribution in [2.45, 2.75) is 64.2 Å². The largest absolute Gasteiger partial charge is 0.316 e. The quantitative estimate of drug-likeness (QED) is 0.536. The Balaban J connectivity index is 1.94. The molecular weight excluding hydrogens is 242 g/mol. The predicted molar refractivity (Wildman–Crippen MR) is 88.2 cm³/mol. The molecule has 1 heteroatoms. The molecule has 1 nitrogen and oxygen atoms in total. The lowest BCUT2D eigenvalue weighted by Crippen LogP contribution is -2.24. The van der Waals surface area contributed by atoms with Gasteiger partial charge in [-0.1, -0.05) is 75.8 Å². The molecule has 0 saturated heterocycles. The molecule has 1 aliphatic carbocycles. The topological polar surface area (TPSA) is 12.0 Å². The summed E-state index contributed by atoms with van der Waals surface area (Å²) in [6.45, 7) is 4.54. The summed E-state index contributed by atoms with van der Waals surface area (Å²) in [4.78, 5) is 0. The minimum Gasteiger partial charge on any atom is -0.316 e. The summed E-state index contributed by atoms with van der Waals surface area (Å²) in [6, 6.07) is 11.1. The highest BCUT2D eigenvalue weighted by Crippen LogP contribution is 2.32. The number of nitrogens with one attached hydrogen (secondary N) is 1. The van der Waals surface area contributed by atoms with Crippen molar-refractivity contribution in [3.05, 3.63) is 35.9 Å². The number of benzene rings is 1. The molecule has 0 heterocycles. The van der Waals surface area contributed by atoms with Gasteiger partial charge in [-0.3, -0.25) is 0 Å². The van der Waals surface area contributed by atoms with E-state index >= 15 is 0 Å². The Morgan fingerprint density at radius 2 is 1.75 bits per heavy atom. The average molecular weight is 273 g/mol. The Morgan fingerprint density at radius 1 is 1.05 bits per heavy atom. The molecule has 1 aromatic carbocycles. The predicted octanol–water partition coefficient (Wildman–Crippen LogP) is 5.13. The first kappa shape index (κ1) is 15.6. The standard InChI is InChI=1S/C19H31N/c1-2-14-20-16-19(18-12-8-5-9-13-18)15-17-10-6-3-4-7-11-17/h5,8-9,12-13,17,19-20H,2-4,6-7,10-11,14-16H2,1H3. The van der Waals surface area contributed by atoms with Crippen LogP contribution in [0.2, 0.25) is 0 Å². The third-order valence-electron chi connectivity index (χ3n) is 4.68. The van der Waals surface area contributed by atoms with Crippen LogP contribution >= 0.6 is 0 Å². The smallest absolute Gasteiger partial charge is 0.00202 e. The van der Waals surface area contributed by atoms with E-state index in [4.69, 9.17) is 0 Å². The fourth-order valence-corrected chi connectivity index (χ4v) is 3.52. The highest BCUT2D eigenvalue weighted by molar-refractivity contribution is 5.20. The summed E-state index contributed by atoms with van der Waals surface area (Å²) in [5.41, 5.74) is 1.53. The fourth-order valence-electron chi connectivity index (χ4n) is 3.52. The molecule has 1 atom stereocenters. The van der Waals surface area contributed by atoms with Crippen molar-refractivity contribution in [1.82, 2.24) is 5.32 Å². The van der Waals surface area contributed by atoms with E-state index in [1.54, 1.807) is 0 Å². The van der Waals surface area contributed by atoms with Crippen LogP contribution in [0.3, 0.4) is 0 Å². The van der Waals surface area contributed by atoms with Gasteiger partial charge in [0.25, 0.3) is 0 Å². The third kappa shape index (κ3) is 5.28. The van der Waals surface area contributed by atoms with Crippen LogP contribution in [0.5, 0.6) is 0 Å². The Kier molecular flexibility index (Phi) is 7.14. The maximum atomic E-state index is 3.64. The van der Waals surface area contributed by atoms with Gasteiger partial charge in [0, 0.05) is 6.54 Å². The number of hydrogen-bond donors (Lipinski definition) is 1. The van der Waals surface area contributed by atoms with Gasteiger partial charge in [0.05, 0.1) is 0 Å². The van der Waals surface area contributed by atoms with Crippen LogP contribution in [0.4, 0.5) is 0 Å². The molecule has 0 aliphatic heterocycles. The third-order valence-corrected chi connectivity index (χ3v) is 4.68. The summed E-state index contributed by atoms with van der Waals surface area (Å²) in [7, 11) is 0. The molecule has 1 unspecified atom stereocenters. The molecule has 112 valence electrons. The first-order chi connectivity index (χ1) is 9.90. The Hall–Kier alpha value is -0.820. The van der Waals surface area contributed by atoms with Crippen molar-refractivity contribution in [3.8, 4) is 0 Å². The maximum absolute atomic E-state index is 3.64. The SMILES string of the molecule is CCCNCC(CC1CCCCCC1)c1ccccc1. The van der Waals surface area contributed by atoms with Crippen LogP contribution in [-0.2, 0) is 0 Å².